The van der Waals surface area contributed by atoms with E-state index in [0.717, 1.165) is 5.56 Å². The number of rotatable bonds is 4. The van der Waals surface area contributed by atoms with Crippen LogP contribution in [0.2, 0.25) is 5.02 Å². The van der Waals surface area contributed by atoms with Crippen molar-refractivity contribution in [1.82, 2.24) is 4.98 Å². The van der Waals surface area contributed by atoms with Crippen LogP contribution in [0.15, 0.2) is 53.9 Å². The molecule has 24 heavy (non-hydrogen) atoms. The number of anilines is 1. The van der Waals surface area contributed by atoms with Gasteiger partial charge in [0.2, 0.25) is 0 Å². The molecule has 2 N–H and O–H groups in total. The van der Waals surface area contributed by atoms with Crippen LogP contribution in [-0.2, 0) is 0 Å². The molecule has 0 radical (unpaired) electrons. The lowest BCUT2D eigenvalue weighted by atomic mass is 10.1. The molecule has 0 unspecified atom stereocenters. The molecule has 5 nitrogen and oxygen atoms in total. The summed E-state index contributed by atoms with van der Waals surface area (Å²) in [6.45, 7) is 0. The summed E-state index contributed by atoms with van der Waals surface area (Å²) in [6, 6.07) is 13.0. The van der Waals surface area contributed by atoms with Gasteiger partial charge in [0.15, 0.2) is 5.13 Å². The van der Waals surface area contributed by atoms with E-state index in [0.29, 0.717) is 21.4 Å². The summed E-state index contributed by atoms with van der Waals surface area (Å²) in [7, 11) is 0. The fourth-order valence-electron chi connectivity index (χ4n) is 2.06. The predicted molar refractivity (Wildman–Crippen MR) is 93.9 cm³/mol. The first-order valence-electron chi connectivity index (χ1n) is 6.90. The second kappa shape index (κ2) is 6.82. The smallest absolute Gasteiger partial charge is 0.335 e. The SMILES string of the molecule is O=C(O)c1ccc(C(=O)Nc2nc(-c3ccccc3Cl)cs2)cc1. The average Bonchev–Trinajstić information content (AvgIpc) is 3.03. The summed E-state index contributed by atoms with van der Waals surface area (Å²) < 4.78 is 0. The van der Waals surface area contributed by atoms with Gasteiger partial charge in [0.05, 0.1) is 11.3 Å². The van der Waals surface area contributed by atoms with Crippen molar-refractivity contribution in [3.63, 3.8) is 0 Å². The van der Waals surface area contributed by atoms with E-state index in [4.69, 9.17) is 16.7 Å². The van der Waals surface area contributed by atoms with Gasteiger partial charge in [0, 0.05) is 21.5 Å². The van der Waals surface area contributed by atoms with Gasteiger partial charge >= 0.3 is 5.97 Å². The Morgan fingerprint density at radius 1 is 1.04 bits per heavy atom. The predicted octanol–water partition coefficient (Wildman–Crippen LogP) is 4.41. The number of nitrogens with one attached hydrogen (secondary N) is 1. The van der Waals surface area contributed by atoms with Crippen LogP contribution in [0.5, 0.6) is 0 Å². The van der Waals surface area contributed by atoms with Gasteiger partial charge in [-0.05, 0) is 30.3 Å². The van der Waals surface area contributed by atoms with Crippen molar-refractivity contribution in [1.29, 1.82) is 0 Å². The van der Waals surface area contributed by atoms with E-state index in [9.17, 15) is 9.59 Å². The summed E-state index contributed by atoms with van der Waals surface area (Å²) >= 11 is 7.43. The molecule has 3 rings (SSSR count). The van der Waals surface area contributed by atoms with Gasteiger partial charge in [-0.2, -0.15) is 0 Å². The van der Waals surface area contributed by atoms with Crippen molar-refractivity contribution in [2.45, 2.75) is 0 Å². The Kier molecular flexibility index (Phi) is 4.59. The maximum atomic E-state index is 12.2. The van der Waals surface area contributed by atoms with Gasteiger partial charge in [0.25, 0.3) is 5.91 Å². The van der Waals surface area contributed by atoms with E-state index in [1.54, 1.807) is 6.07 Å². The van der Waals surface area contributed by atoms with E-state index in [1.165, 1.54) is 35.6 Å². The first-order chi connectivity index (χ1) is 11.5. The third kappa shape index (κ3) is 3.45. The standard InChI is InChI=1S/C17H11ClN2O3S/c18-13-4-2-1-3-12(13)14-9-24-17(19-14)20-15(21)10-5-7-11(8-6-10)16(22)23/h1-9H,(H,22,23)(H,19,20,21). The lowest BCUT2D eigenvalue weighted by molar-refractivity contribution is 0.0696. The topological polar surface area (TPSA) is 79.3 Å². The molecule has 0 bridgehead atoms. The first-order valence-corrected chi connectivity index (χ1v) is 8.15. The van der Waals surface area contributed by atoms with Crippen molar-refractivity contribution in [2.24, 2.45) is 0 Å². The van der Waals surface area contributed by atoms with Crippen LogP contribution in [-0.4, -0.2) is 22.0 Å². The zero-order valence-electron chi connectivity index (χ0n) is 12.2. The minimum Gasteiger partial charge on any atom is -0.478 e. The number of carbonyl (C=O) groups excluding carboxylic acids is 1. The van der Waals surface area contributed by atoms with Gasteiger partial charge in [0.1, 0.15) is 0 Å². The Labute approximate surface area is 146 Å². The summed E-state index contributed by atoms with van der Waals surface area (Å²) in [5.41, 5.74) is 1.96. The Hall–Kier alpha value is -2.70. The van der Waals surface area contributed by atoms with Crippen LogP contribution in [0.3, 0.4) is 0 Å². The summed E-state index contributed by atoms with van der Waals surface area (Å²) in [5.74, 6) is -1.39. The summed E-state index contributed by atoms with van der Waals surface area (Å²) in [4.78, 5) is 27.4. The number of carbonyl (C=O) groups is 2. The number of halogens is 1. The number of benzene rings is 2. The molecule has 0 saturated heterocycles. The number of thiazole rings is 1. The van der Waals surface area contributed by atoms with Gasteiger partial charge < -0.3 is 5.11 Å². The highest BCUT2D eigenvalue weighted by Gasteiger charge is 2.12. The zero-order valence-corrected chi connectivity index (χ0v) is 13.8. The minimum atomic E-state index is -1.04. The number of aromatic carboxylic acids is 1. The molecule has 1 heterocycles. The Morgan fingerprint density at radius 2 is 1.71 bits per heavy atom. The lowest BCUT2D eigenvalue weighted by Crippen LogP contribution is -2.12. The van der Waals surface area contributed by atoms with Crippen molar-refractivity contribution in [3.05, 3.63) is 70.1 Å². The Bertz CT molecular complexity index is 906. The van der Waals surface area contributed by atoms with E-state index in [-0.39, 0.29) is 11.5 Å². The number of amides is 1. The molecule has 7 heteroatoms. The number of hydrogen-bond donors (Lipinski definition) is 2. The molecule has 0 fully saturated rings. The zero-order chi connectivity index (χ0) is 17.1. The van der Waals surface area contributed by atoms with E-state index in [2.05, 4.69) is 10.3 Å². The van der Waals surface area contributed by atoms with E-state index >= 15 is 0 Å². The second-order valence-corrected chi connectivity index (χ2v) is 6.12. The molecule has 0 saturated carbocycles. The maximum absolute atomic E-state index is 12.2. The number of hydrogen-bond acceptors (Lipinski definition) is 4. The van der Waals surface area contributed by atoms with Crippen LogP contribution in [0, 0.1) is 0 Å². The quantitative estimate of drug-likeness (QED) is 0.723. The Morgan fingerprint density at radius 3 is 2.38 bits per heavy atom. The van der Waals surface area contributed by atoms with Crippen molar-refractivity contribution in [2.75, 3.05) is 5.32 Å². The molecule has 3 aromatic rings. The van der Waals surface area contributed by atoms with Gasteiger partial charge in [-0.25, -0.2) is 9.78 Å². The van der Waals surface area contributed by atoms with Crippen LogP contribution >= 0.6 is 22.9 Å². The largest absolute Gasteiger partial charge is 0.478 e. The molecule has 2 aromatic carbocycles. The highest BCUT2D eigenvalue weighted by Crippen LogP contribution is 2.30. The fourth-order valence-corrected chi connectivity index (χ4v) is 3.00. The molecular formula is C17H11ClN2O3S. The number of aromatic nitrogens is 1. The van der Waals surface area contributed by atoms with Gasteiger partial charge in [-0.3, -0.25) is 10.1 Å². The molecule has 120 valence electrons. The van der Waals surface area contributed by atoms with E-state index in [1.807, 2.05) is 23.6 Å². The van der Waals surface area contributed by atoms with Crippen LogP contribution < -0.4 is 5.32 Å². The van der Waals surface area contributed by atoms with Crippen molar-refractivity contribution < 1.29 is 14.7 Å². The minimum absolute atomic E-state index is 0.127. The van der Waals surface area contributed by atoms with Gasteiger partial charge in [-0.1, -0.05) is 29.8 Å². The maximum Gasteiger partial charge on any atom is 0.335 e. The molecule has 0 atom stereocenters. The third-order valence-electron chi connectivity index (χ3n) is 3.27. The molecule has 0 aliphatic heterocycles. The van der Waals surface area contributed by atoms with Crippen molar-refractivity contribution in [3.8, 4) is 11.3 Å². The fraction of sp³-hybridized carbons (Fsp3) is 0. The highest BCUT2D eigenvalue weighted by atomic mass is 35.5. The highest BCUT2D eigenvalue weighted by molar-refractivity contribution is 7.14. The third-order valence-corrected chi connectivity index (χ3v) is 4.36. The average molecular weight is 359 g/mol. The molecule has 0 spiro atoms. The molecule has 0 aliphatic carbocycles. The van der Waals surface area contributed by atoms with Crippen molar-refractivity contribution >= 4 is 39.9 Å². The van der Waals surface area contributed by atoms with Gasteiger partial charge in [-0.15, -0.1) is 11.3 Å². The molecular weight excluding hydrogens is 348 g/mol. The van der Waals surface area contributed by atoms with Crippen LogP contribution in [0.4, 0.5) is 5.13 Å². The second-order valence-electron chi connectivity index (χ2n) is 4.85. The Balaban J connectivity index is 1.76. The monoisotopic (exact) mass is 358 g/mol. The van der Waals surface area contributed by atoms with E-state index < -0.39 is 5.97 Å². The molecule has 0 aliphatic rings. The lowest BCUT2D eigenvalue weighted by Gasteiger charge is -2.02. The number of nitrogens with zero attached hydrogens (tertiary/aromatic N) is 1. The summed E-state index contributed by atoms with van der Waals surface area (Å²) in [6.07, 6.45) is 0. The number of carboxylic acid groups (broad SMARTS) is 1. The normalized spacial score (nSPS) is 10.4. The first kappa shape index (κ1) is 16.2. The van der Waals surface area contributed by atoms with Crippen LogP contribution in [0.25, 0.3) is 11.3 Å². The molecule has 1 aromatic heterocycles. The molecule has 1 amide bonds. The van der Waals surface area contributed by atoms with Crippen LogP contribution in [0.1, 0.15) is 20.7 Å². The summed E-state index contributed by atoms with van der Waals surface area (Å²) in [5, 5.41) is 14.4. The number of carboxylic acids is 1.